The summed E-state index contributed by atoms with van der Waals surface area (Å²) >= 11 is 1.37. The largest absolute Gasteiger partial charge is 0.355 e. The Morgan fingerprint density at radius 1 is 1.19 bits per heavy atom. The topological polar surface area (TPSA) is 93.0 Å². The normalized spacial score (nSPS) is 14.1. The number of rotatable bonds is 6. The fourth-order valence-corrected chi connectivity index (χ4v) is 4.50. The predicted octanol–water partition coefficient (Wildman–Crippen LogP) is 3.36. The molecule has 2 heterocycles. The lowest BCUT2D eigenvalue weighted by Crippen LogP contribution is -2.40. The maximum Gasteiger partial charge on any atom is 0.219 e. The van der Waals surface area contributed by atoms with Crippen LogP contribution < -0.4 is 5.14 Å². The molecule has 0 fully saturated rings. The fraction of sp³-hybridized carbons (Fsp3) is 0.211. The van der Waals surface area contributed by atoms with Crippen LogP contribution in [-0.2, 0) is 21.2 Å². The van der Waals surface area contributed by atoms with Gasteiger partial charge in [-0.2, -0.15) is 0 Å². The summed E-state index contributed by atoms with van der Waals surface area (Å²) in [4.78, 5) is 16.4. The third-order valence-corrected chi connectivity index (χ3v) is 7.09. The van der Waals surface area contributed by atoms with Gasteiger partial charge < -0.3 is 4.98 Å². The van der Waals surface area contributed by atoms with Crippen molar-refractivity contribution in [1.29, 1.82) is 0 Å². The van der Waals surface area contributed by atoms with Crippen molar-refractivity contribution in [1.82, 2.24) is 4.98 Å². The van der Waals surface area contributed by atoms with Gasteiger partial charge in [0.25, 0.3) is 0 Å². The smallest absolute Gasteiger partial charge is 0.219 e. The Morgan fingerprint density at radius 3 is 2.46 bits per heavy atom. The number of nitrogens with one attached hydrogen (secondary N) is 1. The maximum absolute atomic E-state index is 12.6. The van der Waals surface area contributed by atoms with Crippen LogP contribution in [0.2, 0.25) is 0 Å². The zero-order valence-corrected chi connectivity index (χ0v) is 16.2. The molecular weight excluding hydrogens is 368 g/mol. The van der Waals surface area contributed by atoms with Gasteiger partial charge in [-0.05, 0) is 42.5 Å². The number of aromatic amines is 1. The second kappa shape index (κ2) is 6.83. The number of ketones is 1. The molecule has 5 nitrogen and oxygen atoms in total. The van der Waals surface area contributed by atoms with Crippen molar-refractivity contribution in [3.63, 3.8) is 0 Å². The number of aryl methyl sites for hydroxylation is 1. The number of sulfonamides is 1. The average Bonchev–Trinajstić information content (AvgIpc) is 3.24. The zero-order chi connectivity index (χ0) is 18.9. The molecule has 0 amide bonds. The number of hydrogen-bond donors (Lipinski definition) is 2. The molecule has 0 aliphatic heterocycles. The molecule has 1 aromatic carbocycles. The van der Waals surface area contributed by atoms with Gasteiger partial charge >= 0.3 is 0 Å². The second-order valence-corrected chi connectivity index (χ2v) is 9.42. The van der Waals surface area contributed by atoms with E-state index in [0.29, 0.717) is 21.8 Å². The lowest BCUT2D eigenvalue weighted by Gasteiger charge is -2.27. The van der Waals surface area contributed by atoms with E-state index in [0.717, 1.165) is 5.56 Å². The van der Waals surface area contributed by atoms with Gasteiger partial charge in [-0.25, -0.2) is 13.6 Å². The number of nitrogens with two attached hydrogens (primary N) is 1. The number of H-pyrrole nitrogens is 1. The highest BCUT2D eigenvalue weighted by atomic mass is 32.2. The van der Waals surface area contributed by atoms with Crippen molar-refractivity contribution in [3.05, 3.63) is 81.3 Å². The summed E-state index contributed by atoms with van der Waals surface area (Å²) in [5.74, 6) is -0.0965. The first-order valence-electron chi connectivity index (χ1n) is 8.07. The molecule has 0 bridgehead atoms. The maximum atomic E-state index is 12.6. The number of hydrogen-bond acceptors (Lipinski definition) is 4. The van der Waals surface area contributed by atoms with E-state index in [9.17, 15) is 13.2 Å². The molecule has 1 atom stereocenters. The van der Waals surface area contributed by atoms with Gasteiger partial charge in [-0.3, -0.25) is 4.79 Å². The first-order valence-corrected chi connectivity index (χ1v) is 10.5. The van der Waals surface area contributed by atoms with E-state index in [1.807, 2.05) is 30.5 Å². The second-order valence-electron chi connectivity index (χ2n) is 6.48. The van der Waals surface area contributed by atoms with Crippen LogP contribution in [0, 0.1) is 6.92 Å². The molecule has 0 spiro atoms. The van der Waals surface area contributed by atoms with Crippen molar-refractivity contribution in [2.45, 2.75) is 25.0 Å². The Labute approximate surface area is 156 Å². The average molecular weight is 389 g/mol. The summed E-state index contributed by atoms with van der Waals surface area (Å²) in [6.07, 6.45) is 0.147. The van der Waals surface area contributed by atoms with E-state index in [1.54, 1.807) is 37.3 Å². The minimum atomic E-state index is -3.89. The molecule has 3 aromatic rings. The summed E-state index contributed by atoms with van der Waals surface area (Å²) in [6, 6.07) is 14.3. The fourth-order valence-electron chi connectivity index (χ4n) is 3.01. The lowest BCUT2D eigenvalue weighted by molar-refractivity contribution is 0.103. The highest BCUT2D eigenvalue weighted by Gasteiger charge is 2.39. The first kappa shape index (κ1) is 18.6. The number of carbonyl (C=O) groups excluding carboxylic acids is 1. The van der Waals surface area contributed by atoms with Crippen LogP contribution in [0.25, 0.3) is 0 Å². The summed E-state index contributed by atoms with van der Waals surface area (Å²) in [5, 5.41) is 7.42. The molecule has 0 saturated heterocycles. The standard InChI is InChI=1S/C19H20N2O3S2/c1-13-11-15(21-17(13)18(22)16-9-6-10-25-16)12-19(2,26(20,23)24)14-7-4-3-5-8-14/h3-11,21H,12H2,1-2H3,(H2,20,23,24). The molecule has 0 saturated carbocycles. The molecule has 136 valence electrons. The van der Waals surface area contributed by atoms with Gasteiger partial charge in [0.1, 0.15) is 4.75 Å². The number of carbonyl (C=O) groups is 1. The molecule has 0 aliphatic carbocycles. The third-order valence-electron chi connectivity index (χ3n) is 4.58. The molecule has 26 heavy (non-hydrogen) atoms. The van der Waals surface area contributed by atoms with E-state index in [1.165, 1.54) is 11.3 Å². The van der Waals surface area contributed by atoms with Gasteiger partial charge in [0.15, 0.2) is 0 Å². The van der Waals surface area contributed by atoms with Crippen LogP contribution in [0.5, 0.6) is 0 Å². The SMILES string of the molecule is Cc1cc(CC(C)(c2ccccc2)S(N)(=O)=O)[nH]c1C(=O)c1cccs1. The van der Waals surface area contributed by atoms with Gasteiger partial charge in [0, 0.05) is 12.1 Å². The number of thiophene rings is 1. The van der Waals surface area contributed by atoms with Crippen LogP contribution in [0.15, 0.2) is 53.9 Å². The number of aromatic nitrogens is 1. The van der Waals surface area contributed by atoms with E-state index in [4.69, 9.17) is 5.14 Å². The monoisotopic (exact) mass is 388 g/mol. The Morgan fingerprint density at radius 2 is 1.88 bits per heavy atom. The molecule has 7 heteroatoms. The Balaban J connectivity index is 1.99. The zero-order valence-electron chi connectivity index (χ0n) is 14.5. The van der Waals surface area contributed by atoms with Gasteiger partial charge in [0.05, 0.1) is 10.6 Å². The molecule has 3 rings (SSSR count). The van der Waals surface area contributed by atoms with Crippen molar-refractivity contribution < 1.29 is 13.2 Å². The molecule has 0 aliphatic rings. The minimum absolute atomic E-state index is 0.0965. The molecular formula is C19H20N2O3S2. The van der Waals surface area contributed by atoms with Crippen molar-refractivity contribution in [2.24, 2.45) is 5.14 Å². The van der Waals surface area contributed by atoms with Crippen LogP contribution in [0.1, 0.15) is 39.1 Å². The van der Waals surface area contributed by atoms with E-state index >= 15 is 0 Å². The summed E-state index contributed by atoms with van der Waals surface area (Å²) in [5.41, 5.74) is 2.53. The lowest BCUT2D eigenvalue weighted by atomic mass is 9.95. The number of primary sulfonamides is 1. The summed E-state index contributed by atoms with van der Waals surface area (Å²) in [7, 11) is -3.89. The first-order chi connectivity index (χ1) is 12.2. The summed E-state index contributed by atoms with van der Waals surface area (Å²) in [6.45, 7) is 3.44. The highest BCUT2D eigenvalue weighted by Crippen LogP contribution is 2.32. The van der Waals surface area contributed by atoms with E-state index in [-0.39, 0.29) is 12.2 Å². The Kier molecular flexibility index (Phi) is 4.88. The van der Waals surface area contributed by atoms with E-state index in [2.05, 4.69) is 4.98 Å². The quantitative estimate of drug-likeness (QED) is 0.634. The van der Waals surface area contributed by atoms with Crippen LogP contribution in [-0.4, -0.2) is 19.2 Å². The van der Waals surface area contributed by atoms with Crippen molar-refractivity contribution in [3.8, 4) is 0 Å². The van der Waals surface area contributed by atoms with Gasteiger partial charge in [-0.15, -0.1) is 11.3 Å². The summed E-state index contributed by atoms with van der Waals surface area (Å²) < 4.78 is 23.4. The minimum Gasteiger partial charge on any atom is -0.355 e. The Bertz CT molecular complexity index is 1020. The predicted molar refractivity (Wildman–Crippen MR) is 104 cm³/mol. The van der Waals surface area contributed by atoms with Crippen LogP contribution in [0.3, 0.4) is 0 Å². The van der Waals surface area contributed by atoms with E-state index < -0.39 is 14.8 Å². The molecule has 0 radical (unpaired) electrons. The highest BCUT2D eigenvalue weighted by molar-refractivity contribution is 7.90. The van der Waals surface area contributed by atoms with Crippen LogP contribution >= 0.6 is 11.3 Å². The van der Waals surface area contributed by atoms with Crippen LogP contribution in [0.4, 0.5) is 0 Å². The van der Waals surface area contributed by atoms with Crippen molar-refractivity contribution >= 4 is 27.1 Å². The molecule has 3 N–H and O–H groups in total. The molecule has 2 aromatic heterocycles. The number of benzene rings is 1. The molecule has 1 unspecified atom stereocenters. The van der Waals surface area contributed by atoms with Crippen molar-refractivity contribution in [2.75, 3.05) is 0 Å². The van der Waals surface area contributed by atoms with Gasteiger partial charge in [-0.1, -0.05) is 36.4 Å². The van der Waals surface area contributed by atoms with Gasteiger partial charge in [0.2, 0.25) is 15.8 Å². The Hall–Kier alpha value is -2.22. The third kappa shape index (κ3) is 3.38.